The van der Waals surface area contributed by atoms with Crippen LogP contribution in [0.3, 0.4) is 0 Å². The van der Waals surface area contributed by atoms with E-state index < -0.39 is 11.6 Å². The fourth-order valence-corrected chi connectivity index (χ4v) is 2.44. The van der Waals surface area contributed by atoms with Gasteiger partial charge in [-0.25, -0.2) is 0 Å². The van der Waals surface area contributed by atoms with Gasteiger partial charge in [0.25, 0.3) is 0 Å². The lowest BCUT2D eigenvalue weighted by Gasteiger charge is -2.16. The topological polar surface area (TPSA) is 43.4 Å². The molecule has 0 fully saturated rings. The van der Waals surface area contributed by atoms with Crippen LogP contribution in [0, 0.1) is 6.92 Å². The number of ether oxygens (including phenoxy) is 1. The molecular formula is C18H14O3. The van der Waals surface area contributed by atoms with Crippen LogP contribution < -0.4 is 0 Å². The summed E-state index contributed by atoms with van der Waals surface area (Å²) in [6.45, 7) is 2.03. The highest BCUT2D eigenvalue weighted by Gasteiger charge is 2.26. The quantitative estimate of drug-likeness (QED) is 0.791. The number of carbonyl (C=O) groups excluding carboxylic acids is 2. The number of ketones is 2. The molecule has 1 aliphatic carbocycles. The summed E-state index contributed by atoms with van der Waals surface area (Å²) in [5.74, 6) is -0.591. The zero-order valence-corrected chi connectivity index (χ0v) is 11.8. The molecule has 3 rings (SSSR count). The van der Waals surface area contributed by atoms with E-state index in [1.54, 1.807) is 6.07 Å². The Bertz CT molecular complexity index is 768. The molecule has 0 heterocycles. The first kappa shape index (κ1) is 13.3. The molecule has 3 heteroatoms. The molecule has 0 unspecified atom stereocenters. The summed E-state index contributed by atoms with van der Waals surface area (Å²) in [6.07, 6.45) is 1.25. The van der Waals surface area contributed by atoms with Gasteiger partial charge in [0.1, 0.15) is 5.76 Å². The van der Waals surface area contributed by atoms with Crippen LogP contribution in [0.1, 0.15) is 21.5 Å². The molecular weight excluding hydrogens is 264 g/mol. The van der Waals surface area contributed by atoms with Crippen molar-refractivity contribution in [3.05, 3.63) is 65.2 Å². The predicted octanol–water partition coefficient (Wildman–Crippen LogP) is 3.41. The van der Waals surface area contributed by atoms with E-state index in [1.807, 2.05) is 43.3 Å². The van der Waals surface area contributed by atoms with Gasteiger partial charge in [-0.1, -0.05) is 35.9 Å². The van der Waals surface area contributed by atoms with Gasteiger partial charge in [-0.2, -0.15) is 0 Å². The van der Waals surface area contributed by atoms with Crippen molar-refractivity contribution in [1.82, 2.24) is 0 Å². The number of hydrogen-bond acceptors (Lipinski definition) is 3. The van der Waals surface area contributed by atoms with E-state index in [4.69, 9.17) is 4.74 Å². The van der Waals surface area contributed by atoms with Gasteiger partial charge in [0.15, 0.2) is 0 Å². The highest BCUT2D eigenvalue weighted by Crippen LogP contribution is 2.30. The Hall–Kier alpha value is -2.68. The van der Waals surface area contributed by atoms with E-state index in [1.165, 1.54) is 18.7 Å². The summed E-state index contributed by atoms with van der Waals surface area (Å²) in [6, 6.07) is 13.6. The molecule has 1 aliphatic rings. The number of benzene rings is 2. The number of carbonyl (C=O) groups is 2. The van der Waals surface area contributed by atoms with E-state index in [9.17, 15) is 9.59 Å². The zero-order valence-electron chi connectivity index (χ0n) is 11.8. The summed E-state index contributed by atoms with van der Waals surface area (Å²) in [4.78, 5) is 23.5. The molecule has 104 valence electrons. The van der Waals surface area contributed by atoms with Crippen molar-refractivity contribution in [2.75, 3.05) is 7.11 Å². The summed E-state index contributed by atoms with van der Waals surface area (Å²) in [7, 11) is 1.50. The van der Waals surface area contributed by atoms with Gasteiger partial charge < -0.3 is 4.74 Å². The Morgan fingerprint density at radius 3 is 2.19 bits per heavy atom. The fourth-order valence-electron chi connectivity index (χ4n) is 2.44. The maximum atomic E-state index is 11.9. The molecule has 21 heavy (non-hydrogen) atoms. The molecule has 3 nitrogen and oxygen atoms in total. The van der Waals surface area contributed by atoms with E-state index in [2.05, 4.69) is 0 Å². The van der Waals surface area contributed by atoms with Crippen molar-refractivity contribution in [2.45, 2.75) is 6.92 Å². The van der Waals surface area contributed by atoms with Crippen LogP contribution >= 0.6 is 0 Å². The van der Waals surface area contributed by atoms with Crippen LogP contribution in [-0.2, 0) is 9.53 Å². The van der Waals surface area contributed by atoms with Gasteiger partial charge in [-0.05, 0) is 30.2 Å². The smallest absolute Gasteiger partial charge is 0.233 e. The molecule has 0 saturated heterocycles. The second-order valence-corrected chi connectivity index (χ2v) is 5.03. The Labute approximate surface area is 122 Å². The van der Waals surface area contributed by atoms with Gasteiger partial charge in [0.2, 0.25) is 11.6 Å². The maximum Gasteiger partial charge on any atom is 0.233 e. The average molecular weight is 278 g/mol. The lowest BCUT2D eigenvalue weighted by molar-refractivity contribution is -0.111. The first-order valence-corrected chi connectivity index (χ1v) is 6.66. The third kappa shape index (κ3) is 2.27. The third-order valence-electron chi connectivity index (χ3n) is 3.62. The summed E-state index contributed by atoms with van der Waals surface area (Å²) < 4.78 is 5.23. The molecule has 0 N–H and O–H groups in total. The first-order valence-electron chi connectivity index (χ1n) is 6.66. The van der Waals surface area contributed by atoms with Crippen molar-refractivity contribution in [3.63, 3.8) is 0 Å². The Balaban J connectivity index is 2.14. The molecule has 0 radical (unpaired) electrons. The van der Waals surface area contributed by atoms with Crippen molar-refractivity contribution >= 4 is 17.3 Å². The Morgan fingerprint density at radius 1 is 0.857 bits per heavy atom. The van der Waals surface area contributed by atoms with Crippen LogP contribution in [-0.4, -0.2) is 18.7 Å². The second-order valence-electron chi connectivity index (χ2n) is 5.03. The van der Waals surface area contributed by atoms with Crippen LogP contribution in [0.4, 0.5) is 0 Å². The summed E-state index contributed by atoms with van der Waals surface area (Å²) in [5, 5.41) is 0. The van der Waals surface area contributed by atoms with Crippen molar-refractivity contribution < 1.29 is 14.3 Å². The first-order chi connectivity index (χ1) is 10.1. The van der Waals surface area contributed by atoms with E-state index in [0.29, 0.717) is 16.9 Å². The fraction of sp³-hybridized carbons (Fsp3) is 0.111. The molecule has 2 aromatic carbocycles. The number of rotatable bonds is 2. The second kappa shape index (κ2) is 5.02. The summed E-state index contributed by atoms with van der Waals surface area (Å²) in [5.41, 5.74) is 4.30. The number of fused-ring (bicyclic) bond motifs is 1. The van der Waals surface area contributed by atoms with Gasteiger partial charge >= 0.3 is 0 Å². The molecule has 0 aliphatic heterocycles. The third-order valence-corrected chi connectivity index (χ3v) is 3.62. The van der Waals surface area contributed by atoms with Crippen molar-refractivity contribution in [3.8, 4) is 11.1 Å². The Morgan fingerprint density at radius 2 is 1.52 bits per heavy atom. The normalized spacial score (nSPS) is 13.7. The number of methoxy groups -OCH3 is 1. The molecule has 0 atom stereocenters. The van der Waals surface area contributed by atoms with E-state index >= 15 is 0 Å². The summed E-state index contributed by atoms with van der Waals surface area (Å²) >= 11 is 0. The maximum absolute atomic E-state index is 11.9. The highest BCUT2D eigenvalue weighted by molar-refractivity contribution is 6.50. The minimum absolute atomic E-state index is 0.398. The minimum Gasteiger partial charge on any atom is -0.496 e. The molecule has 0 saturated carbocycles. The highest BCUT2D eigenvalue weighted by atomic mass is 16.5. The number of hydrogen-bond donors (Lipinski definition) is 0. The number of Topliss-reactive ketones (excluding diaryl/α,β-unsaturated/α-hetero) is 1. The largest absolute Gasteiger partial charge is 0.496 e. The van der Waals surface area contributed by atoms with Gasteiger partial charge in [0.05, 0.1) is 7.11 Å². The molecule has 0 amide bonds. The Kier molecular flexibility index (Phi) is 3.18. The van der Waals surface area contributed by atoms with Crippen molar-refractivity contribution in [1.29, 1.82) is 0 Å². The molecule has 0 spiro atoms. The molecule has 0 aromatic heterocycles. The monoisotopic (exact) mass is 278 g/mol. The lowest BCUT2D eigenvalue weighted by atomic mass is 9.90. The standard InChI is InChI=1S/C18H14O3/c1-11-3-5-12(6-4-11)13-7-8-14-15(9-13)17(21-2)10-16(19)18(14)20/h3-10H,1-2H3. The van der Waals surface area contributed by atoms with Gasteiger partial charge in [-0.15, -0.1) is 0 Å². The van der Waals surface area contributed by atoms with E-state index in [0.717, 1.165) is 11.1 Å². The number of aryl methyl sites for hydroxylation is 1. The van der Waals surface area contributed by atoms with Crippen LogP contribution in [0.25, 0.3) is 16.9 Å². The average Bonchev–Trinajstić information content (AvgIpc) is 2.51. The SMILES string of the molecule is COC1=CC(=O)C(=O)c2ccc(-c3ccc(C)cc3)cc21. The predicted molar refractivity (Wildman–Crippen MR) is 80.9 cm³/mol. The van der Waals surface area contributed by atoms with Crippen LogP contribution in [0.5, 0.6) is 0 Å². The van der Waals surface area contributed by atoms with Gasteiger partial charge in [-0.3, -0.25) is 9.59 Å². The zero-order chi connectivity index (χ0) is 15.0. The van der Waals surface area contributed by atoms with Crippen LogP contribution in [0.15, 0.2) is 48.5 Å². The van der Waals surface area contributed by atoms with E-state index in [-0.39, 0.29) is 0 Å². The lowest BCUT2D eigenvalue weighted by Crippen LogP contribution is -2.19. The minimum atomic E-state index is -0.539. The van der Waals surface area contributed by atoms with Crippen LogP contribution in [0.2, 0.25) is 0 Å². The number of allylic oxidation sites excluding steroid dienone is 1. The molecule has 0 bridgehead atoms. The van der Waals surface area contributed by atoms with Crippen molar-refractivity contribution in [2.24, 2.45) is 0 Å². The van der Waals surface area contributed by atoms with Gasteiger partial charge in [0, 0.05) is 17.2 Å². The molecule has 2 aromatic rings.